The van der Waals surface area contributed by atoms with Gasteiger partial charge in [-0.3, -0.25) is 14.4 Å². The van der Waals surface area contributed by atoms with Crippen LogP contribution < -0.4 is 10.6 Å². The van der Waals surface area contributed by atoms with E-state index in [1.807, 2.05) is 0 Å². The summed E-state index contributed by atoms with van der Waals surface area (Å²) in [7, 11) is -3.77. The number of hydrogen-bond donors (Lipinski definition) is 3. The van der Waals surface area contributed by atoms with E-state index in [0.717, 1.165) is 32.4 Å². The molecular weight excluding hydrogens is 494 g/mol. The second-order valence-electron chi connectivity index (χ2n) is 9.31. The third-order valence-corrected chi connectivity index (χ3v) is 8.49. The van der Waals surface area contributed by atoms with Crippen LogP contribution in [0.2, 0.25) is 0 Å². The number of likely N-dealkylation sites (tertiary alicyclic amines) is 1. The topological polar surface area (TPSA) is 133 Å². The third kappa shape index (κ3) is 9.09. The summed E-state index contributed by atoms with van der Waals surface area (Å²) in [6.07, 6.45) is 4.24. The van der Waals surface area contributed by atoms with Gasteiger partial charge in [0.05, 0.1) is 29.0 Å². The summed E-state index contributed by atoms with van der Waals surface area (Å²) < 4.78 is 25.4. The van der Waals surface area contributed by atoms with Gasteiger partial charge in [-0.1, -0.05) is 18.2 Å². The van der Waals surface area contributed by atoms with Gasteiger partial charge in [-0.15, -0.1) is 12.4 Å². The highest BCUT2D eigenvalue weighted by Crippen LogP contribution is 2.22. The van der Waals surface area contributed by atoms with E-state index in [1.54, 1.807) is 23.1 Å². The van der Waals surface area contributed by atoms with E-state index in [-0.39, 0.29) is 29.8 Å². The molecule has 0 aliphatic carbocycles. The lowest BCUT2D eigenvalue weighted by molar-refractivity contribution is -0.137. The normalized spacial score (nSPS) is 19.9. The first-order valence-corrected chi connectivity index (χ1v) is 13.7. The summed E-state index contributed by atoms with van der Waals surface area (Å²) in [6.45, 7) is 2.86. The average molecular weight is 530 g/mol. The number of rotatable bonds is 10. The number of carboxylic acid groups (broad SMARTS) is 1. The maximum atomic E-state index is 12.9. The van der Waals surface area contributed by atoms with Crippen LogP contribution in [0, 0.1) is 11.8 Å². The first-order valence-electron chi connectivity index (χ1n) is 12.0. The number of halogens is 1. The number of nitrogens with one attached hydrogen (secondary N) is 2. The van der Waals surface area contributed by atoms with E-state index in [2.05, 4.69) is 10.6 Å². The van der Waals surface area contributed by atoms with Crippen LogP contribution >= 0.6 is 12.4 Å². The zero-order chi connectivity index (χ0) is 24.6. The van der Waals surface area contributed by atoms with Crippen LogP contribution in [0.4, 0.5) is 0 Å². The minimum Gasteiger partial charge on any atom is -0.481 e. The van der Waals surface area contributed by atoms with Crippen LogP contribution in [0.5, 0.6) is 0 Å². The molecular formula is C24H36ClN3O6S. The largest absolute Gasteiger partial charge is 0.481 e. The highest BCUT2D eigenvalue weighted by molar-refractivity contribution is 7.91. The number of aliphatic carboxylic acids is 1. The molecule has 2 amide bonds. The molecule has 1 aromatic rings. The molecule has 0 spiro atoms. The minimum atomic E-state index is -3.77. The van der Waals surface area contributed by atoms with Crippen molar-refractivity contribution in [3.05, 3.63) is 30.3 Å². The highest BCUT2D eigenvalue weighted by atomic mass is 35.5. The van der Waals surface area contributed by atoms with Gasteiger partial charge in [0.15, 0.2) is 9.84 Å². The van der Waals surface area contributed by atoms with Crippen molar-refractivity contribution in [3.8, 4) is 0 Å². The summed E-state index contributed by atoms with van der Waals surface area (Å²) in [6, 6.07) is 6.72. The van der Waals surface area contributed by atoms with Gasteiger partial charge in [0, 0.05) is 19.5 Å². The summed E-state index contributed by atoms with van der Waals surface area (Å²) in [4.78, 5) is 38.8. The lowest BCUT2D eigenvalue weighted by Gasteiger charge is -2.33. The fourth-order valence-corrected chi connectivity index (χ4v) is 6.24. The molecule has 2 heterocycles. The number of amides is 2. The second-order valence-corrected chi connectivity index (χ2v) is 11.3. The van der Waals surface area contributed by atoms with E-state index in [9.17, 15) is 27.9 Å². The Hall–Kier alpha value is -2.17. The first-order chi connectivity index (χ1) is 16.2. The van der Waals surface area contributed by atoms with Crippen molar-refractivity contribution in [2.75, 3.05) is 31.9 Å². The van der Waals surface area contributed by atoms with Crippen molar-refractivity contribution in [1.82, 2.24) is 15.5 Å². The Labute approximate surface area is 213 Å². The molecule has 2 saturated heterocycles. The second kappa shape index (κ2) is 13.8. The van der Waals surface area contributed by atoms with Gasteiger partial charge in [-0.05, 0) is 63.2 Å². The van der Waals surface area contributed by atoms with Crippen molar-refractivity contribution in [2.24, 2.45) is 11.8 Å². The number of hydrogen-bond acceptors (Lipinski definition) is 6. The molecule has 35 heavy (non-hydrogen) atoms. The van der Waals surface area contributed by atoms with Crippen molar-refractivity contribution in [2.45, 2.75) is 55.9 Å². The van der Waals surface area contributed by atoms with Crippen LogP contribution in [0.25, 0.3) is 0 Å². The predicted molar refractivity (Wildman–Crippen MR) is 134 cm³/mol. The molecule has 2 atom stereocenters. The van der Waals surface area contributed by atoms with Gasteiger partial charge < -0.3 is 20.6 Å². The van der Waals surface area contributed by atoms with Gasteiger partial charge in [0.25, 0.3) is 0 Å². The van der Waals surface area contributed by atoms with E-state index < -0.39 is 45.8 Å². The van der Waals surface area contributed by atoms with Crippen LogP contribution in [-0.2, 0) is 24.2 Å². The van der Waals surface area contributed by atoms with E-state index >= 15 is 0 Å². The first kappa shape index (κ1) is 29.1. The molecule has 1 aromatic carbocycles. The zero-order valence-electron chi connectivity index (χ0n) is 19.9. The Kier molecular flexibility index (Phi) is 11.5. The van der Waals surface area contributed by atoms with E-state index in [0.29, 0.717) is 31.7 Å². The average Bonchev–Trinajstić information content (AvgIpc) is 2.83. The number of carboxylic acids is 1. The van der Waals surface area contributed by atoms with Crippen molar-refractivity contribution in [1.29, 1.82) is 0 Å². The molecule has 2 aliphatic heterocycles. The van der Waals surface area contributed by atoms with Gasteiger partial charge in [0.2, 0.25) is 11.8 Å². The molecule has 11 heteroatoms. The molecule has 2 aliphatic rings. The smallest absolute Gasteiger partial charge is 0.305 e. The molecule has 3 N–H and O–H groups in total. The Bertz CT molecular complexity index is 953. The Morgan fingerprint density at radius 1 is 1.11 bits per heavy atom. The summed E-state index contributed by atoms with van der Waals surface area (Å²) >= 11 is 0. The van der Waals surface area contributed by atoms with Crippen LogP contribution in [-0.4, -0.2) is 74.2 Å². The lowest BCUT2D eigenvalue weighted by Crippen LogP contribution is -2.49. The highest BCUT2D eigenvalue weighted by Gasteiger charge is 2.32. The zero-order valence-corrected chi connectivity index (χ0v) is 21.5. The summed E-state index contributed by atoms with van der Waals surface area (Å²) in [5.74, 6) is -1.97. The Balaban J connectivity index is 0.00000432. The Morgan fingerprint density at radius 3 is 2.46 bits per heavy atom. The molecule has 0 bridgehead atoms. The fraction of sp³-hybridized carbons (Fsp3) is 0.625. The minimum absolute atomic E-state index is 0. The van der Waals surface area contributed by atoms with Gasteiger partial charge in [0.1, 0.15) is 0 Å². The number of piperidine rings is 2. The number of sulfone groups is 1. The third-order valence-electron chi connectivity index (χ3n) is 6.66. The SMILES string of the molecule is Cl.O=C(O)C[C@@H](CS(=O)(=O)c1ccccc1)NC(=O)[C@@H]1CCCN(C(=O)CCC2CCNCC2)C1. The van der Waals surface area contributed by atoms with Gasteiger partial charge in [-0.2, -0.15) is 0 Å². The molecule has 196 valence electrons. The quantitative estimate of drug-likeness (QED) is 0.421. The molecule has 0 unspecified atom stereocenters. The number of nitrogens with zero attached hydrogens (tertiary/aromatic N) is 1. The van der Waals surface area contributed by atoms with Crippen molar-refractivity contribution >= 4 is 40.0 Å². The molecule has 2 fully saturated rings. The van der Waals surface area contributed by atoms with E-state index in [4.69, 9.17) is 0 Å². The molecule has 3 rings (SSSR count). The predicted octanol–water partition coefficient (Wildman–Crippen LogP) is 1.86. The van der Waals surface area contributed by atoms with E-state index in [1.165, 1.54) is 12.1 Å². The monoisotopic (exact) mass is 529 g/mol. The lowest BCUT2D eigenvalue weighted by atomic mass is 9.92. The number of carbonyl (C=O) groups is 3. The molecule has 0 aromatic heterocycles. The van der Waals surface area contributed by atoms with Crippen molar-refractivity contribution in [3.63, 3.8) is 0 Å². The van der Waals surface area contributed by atoms with Crippen LogP contribution in [0.15, 0.2) is 35.2 Å². The maximum Gasteiger partial charge on any atom is 0.305 e. The number of carbonyl (C=O) groups excluding carboxylic acids is 2. The van der Waals surface area contributed by atoms with Crippen molar-refractivity contribution < 1.29 is 27.9 Å². The van der Waals surface area contributed by atoms with Crippen LogP contribution in [0.1, 0.15) is 44.9 Å². The summed E-state index contributed by atoms with van der Waals surface area (Å²) in [5.41, 5.74) is 0. The van der Waals surface area contributed by atoms with Gasteiger partial charge >= 0.3 is 5.97 Å². The Morgan fingerprint density at radius 2 is 1.80 bits per heavy atom. The van der Waals surface area contributed by atoms with Gasteiger partial charge in [-0.25, -0.2) is 8.42 Å². The molecule has 0 saturated carbocycles. The summed E-state index contributed by atoms with van der Waals surface area (Å²) in [5, 5.41) is 15.2. The fourth-order valence-electron chi connectivity index (χ4n) is 4.74. The maximum absolute atomic E-state index is 12.9. The molecule has 0 radical (unpaired) electrons. The molecule has 9 nitrogen and oxygen atoms in total. The standard InChI is InChI=1S/C24H35N3O6S.ClH/c28-22(9-8-18-10-12-25-13-11-18)27-14-4-5-19(16-27)24(31)26-20(15-23(29)30)17-34(32,33)21-6-2-1-3-7-21;/h1-3,6-7,18-20,25H,4-5,8-17H2,(H,26,31)(H,29,30);1H/t19-,20+;/m1./s1. The van der Waals surface area contributed by atoms with Crippen LogP contribution in [0.3, 0.4) is 0 Å². The number of benzene rings is 1.